The maximum Gasteiger partial charge on any atom is 0.221 e. The van der Waals surface area contributed by atoms with Gasteiger partial charge in [0.2, 0.25) is 5.91 Å². The molecule has 21 heavy (non-hydrogen) atoms. The maximum atomic E-state index is 11.5. The topological polar surface area (TPSA) is 83.7 Å². The van der Waals surface area contributed by atoms with E-state index in [9.17, 15) is 9.90 Å². The van der Waals surface area contributed by atoms with Gasteiger partial charge in [0.25, 0.3) is 0 Å². The van der Waals surface area contributed by atoms with Crippen molar-refractivity contribution >= 4 is 5.91 Å². The summed E-state index contributed by atoms with van der Waals surface area (Å²) >= 11 is 0. The molecule has 1 amide bonds. The molecule has 0 aliphatic carbocycles. The van der Waals surface area contributed by atoms with Crippen molar-refractivity contribution < 1.29 is 19.1 Å². The number of aliphatic hydroxyl groups excluding tert-OH is 1. The molecular weight excluding hydrogens is 272 g/mol. The van der Waals surface area contributed by atoms with Gasteiger partial charge in [-0.25, -0.2) is 0 Å². The van der Waals surface area contributed by atoms with Gasteiger partial charge in [-0.2, -0.15) is 0 Å². The van der Waals surface area contributed by atoms with E-state index >= 15 is 0 Å². The highest BCUT2D eigenvalue weighted by Crippen LogP contribution is 2.01. The summed E-state index contributed by atoms with van der Waals surface area (Å²) in [6.45, 7) is 5.52. The van der Waals surface area contributed by atoms with Crippen molar-refractivity contribution in [1.29, 1.82) is 0 Å². The van der Waals surface area contributed by atoms with Crippen molar-refractivity contribution in [2.75, 3.05) is 19.7 Å². The molecule has 120 valence electrons. The van der Waals surface area contributed by atoms with Crippen molar-refractivity contribution in [3.63, 3.8) is 0 Å². The number of carbonyl (C=O) groups excluding carboxylic acids is 1. The van der Waals surface area contributed by atoms with Gasteiger partial charge < -0.3 is 24.9 Å². The lowest BCUT2D eigenvalue weighted by Crippen LogP contribution is -2.36. The predicted molar refractivity (Wildman–Crippen MR) is 79.8 cm³/mol. The first-order chi connectivity index (χ1) is 10.1. The molecule has 0 aromatic carbocycles. The number of nitrogens with one attached hydrogen (secondary N) is 2. The van der Waals surface area contributed by atoms with Gasteiger partial charge in [-0.1, -0.05) is 6.92 Å². The van der Waals surface area contributed by atoms with Crippen LogP contribution in [0.25, 0.3) is 0 Å². The molecule has 0 fully saturated rings. The van der Waals surface area contributed by atoms with E-state index in [2.05, 4.69) is 10.6 Å². The van der Waals surface area contributed by atoms with Crippen LogP contribution in [0.2, 0.25) is 0 Å². The fourth-order valence-electron chi connectivity index (χ4n) is 1.67. The first-order valence-electron chi connectivity index (χ1n) is 7.40. The van der Waals surface area contributed by atoms with Gasteiger partial charge >= 0.3 is 0 Å². The first-order valence-corrected chi connectivity index (χ1v) is 7.40. The van der Waals surface area contributed by atoms with Crippen LogP contribution in [0.15, 0.2) is 22.8 Å². The Labute approximate surface area is 125 Å². The fourth-order valence-corrected chi connectivity index (χ4v) is 1.67. The normalized spacial score (nSPS) is 13.9. The summed E-state index contributed by atoms with van der Waals surface area (Å²) in [5.74, 6) is 0.761. The average molecular weight is 298 g/mol. The van der Waals surface area contributed by atoms with Crippen LogP contribution in [-0.4, -0.2) is 42.9 Å². The van der Waals surface area contributed by atoms with Crippen molar-refractivity contribution in [2.24, 2.45) is 0 Å². The zero-order chi connectivity index (χ0) is 15.5. The standard InChI is InChI=1S/C15H26N2O4/c1-3-12(2)17-15(19)6-7-16-9-13(18)10-20-11-14-5-4-8-21-14/h4-5,8,12-13,16,18H,3,6-7,9-11H2,1-2H3,(H,17,19). The van der Waals surface area contributed by atoms with E-state index in [-0.39, 0.29) is 18.6 Å². The fraction of sp³-hybridized carbons (Fsp3) is 0.667. The quantitative estimate of drug-likeness (QED) is 0.532. The SMILES string of the molecule is CCC(C)NC(=O)CCNCC(O)COCc1ccco1. The van der Waals surface area contributed by atoms with Gasteiger partial charge in [0.1, 0.15) is 12.4 Å². The number of aliphatic hydroxyl groups is 1. The summed E-state index contributed by atoms with van der Waals surface area (Å²) < 4.78 is 10.4. The molecule has 0 aliphatic heterocycles. The second-order valence-electron chi connectivity index (χ2n) is 5.08. The van der Waals surface area contributed by atoms with E-state index in [1.807, 2.05) is 19.9 Å². The molecule has 0 bridgehead atoms. The maximum absolute atomic E-state index is 11.5. The highest BCUT2D eigenvalue weighted by molar-refractivity contribution is 5.76. The second-order valence-corrected chi connectivity index (χ2v) is 5.08. The predicted octanol–water partition coefficient (Wildman–Crippen LogP) is 1.05. The number of hydrogen-bond donors (Lipinski definition) is 3. The van der Waals surface area contributed by atoms with E-state index in [1.165, 1.54) is 0 Å². The Kier molecular flexibility index (Phi) is 8.73. The molecule has 0 saturated carbocycles. The van der Waals surface area contributed by atoms with E-state index in [0.717, 1.165) is 12.2 Å². The van der Waals surface area contributed by atoms with Crippen LogP contribution in [0.1, 0.15) is 32.4 Å². The smallest absolute Gasteiger partial charge is 0.221 e. The lowest BCUT2D eigenvalue weighted by Gasteiger charge is -2.13. The number of amides is 1. The van der Waals surface area contributed by atoms with E-state index in [4.69, 9.17) is 9.15 Å². The van der Waals surface area contributed by atoms with E-state index in [0.29, 0.717) is 26.1 Å². The highest BCUT2D eigenvalue weighted by Gasteiger charge is 2.07. The van der Waals surface area contributed by atoms with Crippen molar-refractivity contribution in [2.45, 2.75) is 45.4 Å². The average Bonchev–Trinajstić information content (AvgIpc) is 2.96. The van der Waals surface area contributed by atoms with Gasteiger partial charge in [-0.3, -0.25) is 4.79 Å². The van der Waals surface area contributed by atoms with Gasteiger partial charge in [-0.05, 0) is 25.5 Å². The van der Waals surface area contributed by atoms with E-state index < -0.39 is 6.10 Å². The van der Waals surface area contributed by atoms with Crippen LogP contribution in [0.5, 0.6) is 0 Å². The Morgan fingerprint density at radius 1 is 1.52 bits per heavy atom. The Balaban J connectivity index is 1.97. The summed E-state index contributed by atoms with van der Waals surface area (Å²) in [5, 5.41) is 15.6. The number of carbonyl (C=O) groups is 1. The van der Waals surface area contributed by atoms with Crippen LogP contribution in [0.3, 0.4) is 0 Å². The minimum atomic E-state index is -0.599. The molecule has 1 rings (SSSR count). The lowest BCUT2D eigenvalue weighted by atomic mass is 10.2. The minimum absolute atomic E-state index is 0.0282. The molecule has 6 heteroatoms. The zero-order valence-corrected chi connectivity index (χ0v) is 12.8. The Hall–Kier alpha value is -1.37. The summed E-state index contributed by atoms with van der Waals surface area (Å²) in [6, 6.07) is 3.82. The Morgan fingerprint density at radius 3 is 3.00 bits per heavy atom. The van der Waals surface area contributed by atoms with Crippen molar-refractivity contribution in [1.82, 2.24) is 10.6 Å². The summed E-state index contributed by atoms with van der Waals surface area (Å²) in [7, 11) is 0. The van der Waals surface area contributed by atoms with Crippen LogP contribution in [0, 0.1) is 0 Å². The summed E-state index contributed by atoms with van der Waals surface area (Å²) in [4.78, 5) is 11.5. The molecule has 6 nitrogen and oxygen atoms in total. The minimum Gasteiger partial charge on any atom is -0.467 e. The van der Waals surface area contributed by atoms with E-state index in [1.54, 1.807) is 12.3 Å². The lowest BCUT2D eigenvalue weighted by molar-refractivity contribution is -0.121. The Morgan fingerprint density at radius 2 is 2.33 bits per heavy atom. The molecule has 3 N–H and O–H groups in total. The first kappa shape index (κ1) is 17.7. The van der Waals surface area contributed by atoms with Crippen LogP contribution in [0.4, 0.5) is 0 Å². The third-order valence-corrected chi connectivity index (χ3v) is 3.06. The number of rotatable bonds is 11. The Bertz CT molecular complexity index is 381. The number of ether oxygens (including phenoxy) is 1. The molecule has 0 saturated heterocycles. The van der Waals surface area contributed by atoms with Crippen molar-refractivity contribution in [3.8, 4) is 0 Å². The molecular formula is C15H26N2O4. The monoisotopic (exact) mass is 298 g/mol. The molecule has 1 heterocycles. The van der Waals surface area contributed by atoms with Crippen LogP contribution < -0.4 is 10.6 Å². The summed E-state index contributed by atoms with van der Waals surface area (Å²) in [6.07, 6.45) is 2.31. The highest BCUT2D eigenvalue weighted by atomic mass is 16.5. The molecule has 2 atom stereocenters. The van der Waals surface area contributed by atoms with Crippen molar-refractivity contribution in [3.05, 3.63) is 24.2 Å². The molecule has 0 radical (unpaired) electrons. The van der Waals surface area contributed by atoms with Gasteiger partial charge in [0.05, 0.1) is 19.0 Å². The molecule has 1 aromatic rings. The van der Waals surface area contributed by atoms with Crippen LogP contribution in [-0.2, 0) is 16.1 Å². The van der Waals surface area contributed by atoms with Crippen LogP contribution >= 0.6 is 0 Å². The molecule has 1 aromatic heterocycles. The number of hydrogen-bond acceptors (Lipinski definition) is 5. The van der Waals surface area contributed by atoms with Gasteiger partial charge in [0.15, 0.2) is 0 Å². The third-order valence-electron chi connectivity index (χ3n) is 3.06. The second kappa shape index (κ2) is 10.4. The van der Waals surface area contributed by atoms with Gasteiger partial charge in [-0.15, -0.1) is 0 Å². The molecule has 0 spiro atoms. The summed E-state index contributed by atoms with van der Waals surface area (Å²) in [5.41, 5.74) is 0. The molecule has 2 unspecified atom stereocenters. The largest absolute Gasteiger partial charge is 0.467 e. The van der Waals surface area contributed by atoms with Gasteiger partial charge in [0, 0.05) is 25.6 Å². The molecule has 0 aliphatic rings. The number of furan rings is 1. The third kappa shape index (κ3) is 8.49. The zero-order valence-electron chi connectivity index (χ0n) is 12.8.